The summed E-state index contributed by atoms with van der Waals surface area (Å²) in [6.07, 6.45) is 4.49. The number of carbonyl (C=O) groups is 2. The number of ether oxygens (including phenoxy) is 2. The van der Waals surface area contributed by atoms with Gasteiger partial charge in [0.2, 0.25) is 5.91 Å². The molecule has 1 saturated carbocycles. The number of amides is 3. The molecule has 0 spiro atoms. The molecule has 28 heavy (non-hydrogen) atoms. The van der Waals surface area contributed by atoms with Crippen LogP contribution in [0.25, 0.3) is 0 Å². The standard InChI is InChI=1S/C19H22N4O4S/c24-17(20-13-5-6-15-16(9-13)27-8-7-26-15)10-14-11-28-19(22-14)23-18(25)21-12-3-1-2-4-12/h5-6,9,11-12H,1-4,7-8,10H2,(H,20,24)(H2,21,22,23,25). The van der Waals surface area contributed by atoms with Crippen molar-refractivity contribution < 1.29 is 19.1 Å². The topological polar surface area (TPSA) is 102 Å². The Morgan fingerprint density at radius 2 is 1.89 bits per heavy atom. The van der Waals surface area contributed by atoms with Gasteiger partial charge in [-0.3, -0.25) is 10.1 Å². The highest BCUT2D eigenvalue weighted by Gasteiger charge is 2.18. The van der Waals surface area contributed by atoms with Gasteiger partial charge in [0.15, 0.2) is 16.6 Å². The summed E-state index contributed by atoms with van der Waals surface area (Å²) in [5.74, 6) is 1.11. The number of hydrogen-bond acceptors (Lipinski definition) is 6. The zero-order valence-electron chi connectivity index (χ0n) is 15.3. The van der Waals surface area contributed by atoms with Crippen molar-refractivity contribution in [3.05, 3.63) is 29.3 Å². The van der Waals surface area contributed by atoms with E-state index in [2.05, 4.69) is 20.9 Å². The molecular formula is C19H22N4O4S. The molecule has 4 rings (SSSR count). The van der Waals surface area contributed by atoms with E-state index in [0.29, 0.717) is 41.2 Å². The maximum absolute atomic E-state index is 12.3. The number of thiazole rings is 1. The van der Waals surface area contributed by atoms with Crippen LogP contribution in [-0.2, 0) is 11.2 Å². The molecule has 0 saturated heterocycles. The summed E-state index contributed by atoms with van der Waals surface area (Å²) in [7, 11) is 0. The Morgan fingerprint density at radius 1 is 1.11 bits per heavy atom. The number of nitrogens with zero attached hydrogens (tertiary/aromatic N) is 1. The maximum Gasteiger partial charge on any atom is 0.321 e. The predicted octanol–water partition coefficient (Wildman–Crippen LogP) is 3.16. The SMILES string of the molecule is O=C(Cc1csc(NC(=O)NC2CCCC2)n1)Nc1ccc2c(c1)OCCO2. The third-order valence-electron chi connectivity index (χ3n) is 4.63. The summed E-state index contributed by atoms with van der Waals surface area (Å²) < 4.78 is 11.0. The van der Waals surface area contributed by atoms with Gasteiger partial charge in [-0.05, 0) is 25.0 Å². The van der Waals surface area contributed by atoms with Gasteiger partial charge >= 0.3 is 6.03 Å². The van der Waals surface area contributed by atoms with Crippen molar-refractivity contribution in [2.45, 2.75) is 38.1 Å². The average molecular weight is 402 g/mol. The van der Waals surface area contributed by atoms with E-state index in [-0.39, 0.29) is 24.4 Å². The van der Waals surface area contributed by atoms with Crippen molar-refractivity contribution in [1.29, 1.82) is 0 Å². The van der Waals surface area contributed by atoms with E-state index in [1.54, 1.807) is 23.6 Å². The number of carbonyl (C=O) groups excluding carboxylic acids is 2. The average Bonchev–Trinajstić information content (AvgIpc) is 3.33. The molecule has 0 unspecified atom stereocenters. The number of aromatic nitrogens is 1. The fraction of sp³-hybridized carbons (Fsp3) is 0.421. The van der Waals surface area contributed by atoms with E-state index in [1.807, 2.05) is 0 Å². The highest BCUT2D eigenvalue weighted by atomic mass is 32.1. The van der Waals surface area contributed by atoms with Crippen LogP contribution in [-0.4, -0.2) is 36.2 Å². The van der Waals surface area contributed by atoms with Gasteiger partial charge in [-0.15, -0.1) is 11.3 Å². The van der Waals surface area contributed by atoms with Gasteiger partial charge in [-0.25, -0.2) is 9.78 Å². The summed E-state index contributed by atoms with van der Waals surface area (Å²) in [5, 5.41) is 10.8. The van der Waals surface area contributed by atoms with Crippen molar-refractivity contribution in [2.75, 3.05) is 23.8 Å². The Balaban J connectivity index is 1.28. The van der Waals surface area contributed by atoms with Crippen molar-refractivity contribution in [3.8, 4) is 11.5 Å². The molecule has 148 valence electrons. The number of nitrogens with one attached hydrogen (secondary N) is 3. The molecule has 2 aliphatic rings. The fourth-order valence-electron chi connectivity index (χ4n) is 3.33. The summed E-state index contributed by atoms with van der Waals surface area (Å²) in [6.45, 7) is 1.02. The van der Waals surface area contributed by atoms with Crippen LogP contribution in [0.15, 0.2) is 23.6 Å². The van der Waals surface area contributed by atoms with Gasteiger partial charge in [0.1, 0.15) is 13.2 Å². The van der Waals surface area contributed by atoms with Crippen LogP contribution in [0, 0.1) is 0 Å². The quantitative estimate of drug-likeness (QED) is 0.713. The molecule has 9 heteroatoms. The van der Waals surface area contributed by atoms with E-state index in [9.17, 15) is 9.59 Å². The molecule has 1 fully saturated rings. The molecule has 0 atom stereocenters. The molecule has 3 N–H and O–H groups in total. The lowest BCUT2D eigenvalue weighted by molar-refractivity contribution is -0.115. The molecule has 1 aromatic heterocycles. The van der Waals surface area contributed by atoms with E-state index in [4.69, 9.17) is 9.47 Å². The first-order valence-electron chi connectivity index (χ1n) is 9.37. The van der Waals surface area contributed by atoms with Crippen molar-refractivity contribution in [1.82, 2.24) is 10.3 Å². The second kappa shape index (κ2) is 8.47. The first-order chi connectivity index (χ1) is 13.7. The molecule has 1 aliphatic carbocycles. The predicted molar refractivity (Wildman–Crippen MR) is 106 cm³/mol. The van der Waals surface area contributed by atoms with E-state index in [0.717, 1.165) is 25.7 Å². The van der Waals surface area contributed by atoms with Crippen LogP contribution in [0.1, 0.15) is 31.4 Å². The number of benzene rings is 1. The highest BCUT2D eigenvalue weighted by Crippen LogP contribution is 2.32. The van der Waals surface area contributed by atoms with Gasteiger partial charge in [0, 0.05) is 23.2 Å². The lowest BCUT2D eigenvalue weighted by Crippen LogP contribution is -2.36. The van der Waals surface area contributed by atoms with Crippen LogP contribution in [0.2, 0.25) is 0 Å². The van der Waals surface area contributed by atoms with Crippen LogP contribution in [0.5, 0.6) is 11.5 Å². The monoisotopic (exact) mass is 402 g/mol. The number of anilines is 2. The first-order valence-corrected chi connectivity index (χ1v) is 10.2. The minimum atomic E-state index is -0.242. The minimum absolute atomic E-state index is 0.122. The first kappa shape index (κ1) is 18.5. The Morgan fingerprint density at radius 3 is 2.71 bits per heavy atom. The van der Waals surface area contributed by atoms with Crippen molar-refractivity contribution >= 4 is 34.1 Å². The molecule has 1 aromatic carbocycles. The normalized spacial score (nSPS) is 15.9. The summed E-state index contributed by atoms with van der Waals surface area (Å²) in [6, 6.07) is 5.29. The van der Waals surface area contributed by atoms with Gasteiger partial charge in [0.25, 0.3) is 0 Å². The third kappa shape index (κ3) is 4.72. The van der Waals surface area contributed by atoms with E-state index < -0.39 is 0 Å². The van der Waals surface area contributed by atoms with Gasteiger partial charge in [0.05, 0.1) is 12.1 Å². The molecular weight excluding hydrogens is 380 g/mol. The van der Waals surface area contributed by atoms with Crippen molar-refractivity contribution in [2.24, 2.45) is 0 Å². The zero-order chi connectivity index (χ0) is 19.3. The number of fused-ring (bicyclic) bond motifs is 1. The number of rotatable bonds is 5. The van der Waals surface area contributed by atoms with Crippen LogP contribution in [0.4, 0.5) is 15.6 Å². The minimum Gasteiger partial charge on any atom is -0.486 e. The second-order valence-electron chi connectivity index (χ2n) is 6.81. The summed E-state index contributed by atoms with van der Waals surface area (Å²) >= 11 is 1.30. The second-order valence-corrected chi connectivity index (χ2v) is 7.67. The van der Waals surface area contributed by atoms with E-state index >= 15 is 0 Å². The Kier molecular flexibility index (Phi) is 5.61. The smallest absolute Gasteiger partial charge is 0.321 e. The number of urea groups is 1. The fourth-order valence-corrected chi connectivity index (χ4v) is 4.03. The molecule has 3 amide bonds. The van der Waals surface area contributed by atoms with Crippen LogP contribution < -0.4 is 25.4 Å². The van der Waals surface area contributed by atoms with Crippen molar-refractivity contribution in [3.63, 3.8) is 0 Å². The van der Waals surface area contributed by atoms with E-state index in [1.165, 1.54) is 11.3 Å². The molecule has 0 bridgehead atoms. The molecule has 2 aromatic rings. The Bertz CT molecular complexity index is 863. The Hall–Kier alpha value is -2.81. The largest absolute Gasteiger partial charge is 0.486 e. The lowest BCUT2D eigenvalue weighted by atomic mass is 10.2. The van der Waals surface area contributed by atoms with Crippen LogP contribution >= 0.6 is 11.3 Å². The highest BCUT2D eigenvalue weighted by molar-refractivity contribution is 7.13. The van der Waals surface area contributed by atoms with Gasteiger partial charge < -0.3 is 20.1 Å². The third-order valence-corrected chi connectivity index (χ3v) is 5.44. The van der Waals surface area contributed by atoms with Gasteiger partial charge in [-0.1, -0.05) is 12.8 Å². The van der Waals surface area contributed by atoms with Gasteiger partial charge in [-0.2, -0.15) is 0 Å². The molecule has 2 heterocycles. The molecule has 0 radical (unpaired) electrons. The Labute approximate surface area is 166 Å². The summed E-state index contributed by atoms with van der Waals surface area (Å²) in [5.41, 5.74) is 1.25. The summed E-state index contributed by atoms with van der Waals surface area (Å²) in [4.78, 5) is 28.6. The lowest BCUT2D eigenvalue weighted by Gasteiger charge is -2.18. The zero-order valence-corrected chi connectivity index (χ0v) is 16.1. The molecule has 8 nitrogen and oxygen atoms in total. The molecule has 1 aliphatic heterocycles. The number of hydrogen-bond donors (Lipinski definition) is 3. The maximum atomic E-state index is 12.3. The van der Waals surface area contributed by atoms with Crippen LogP contribution in [0.3, 0.4) is 0 Å².